The maximum atomic E-state index is 12.2. The van der Waals surface area contributed by atoms with Gasteiger partial charge >= 0.3 is 0 Å². The van der Waals surface area contributed by atoms with E-state index in [9.17, 15) is 13.5 Å². The predicted molar refractivity (Wildman–Crippen MR) is 77.0 cm³/mol. The van der Waals surface area contributed by atoms with Gasteiger partial charge in [-0.15, -0.1) is 11.3 Å². The molecule has 6 nitrogen and oxygen atoms in total. The molecule has 2 aromatic rings. The summed E-state index contributed by atoms with van der Waals surface area (Å²) in [5.41, 5.74) is 0.857. The van der Waals surface area contributed by atoms with Crippen LogP contribution in [0.15, 0.2) is 17.2 Å². The molecule has 110 valence electrons. The van der Waals surface area contributed by atoms with E-state index in [1.165, 1.54) is 4.88 Å². The molecule has 0 aliphatic heterocycles. The first-order valence-corrected chi connectivity index (χ1v) is 8.49. The van der Waals surface area contributed by atoms with Crippen LogP contribution in [0.3, 0.4) is 0 Å². The summed E-state index contributed by atoms with van der Waals surface area (Å²) in [4.78, 5) is 2.16. The summed E-state index contributed by atoms with van der Waals surface area (Å²) in [6.07, 6.45) is 0.935. The molecule has 0 spiro atoms. The number of aromatic nitrogens is 2. The van der Waals surface area contributed by atoms with Crippen LogP contribution in [0.25, 0.3) is 0 Å². The molecule has 0 aromatic carbocycles. The van der Waals surface area contributed by atoms with Gasteiger partial charge in [-0.2, -0.15) is 5.10 Å². The summed E-state index contributed by atoms with van der Waals surface area (Å²) in [6, 6.07) is 3.90. The van der Waals surface area contributed by atoms with Crippen LogP contribution in [0.5, 0.6) is 0 Å². The third-order valence-corrected chi connectivity index (χ3v) is 5.55. The topological polar surface area (TPSA) is 95.1 Å². The van der Waals surface area contributed by atoms with E-state index in [0.717, 1.165) is 11.3 Å². The van der Waals surface area contributed by atoms with Crippen molar-refractivity contribution >= 4 is 21.4 Å². The molecule has 0 saturated carbocycles. The van der Waals surface area contributed by atoms with Crippen LogP contribution in [0.4, 0.5) is 0 Å². The monoisotopic (exact) mass is 315 g/mol. The van der Waals surface area contributed by atoms with Crippen LogP contribution >= 0.6 is 11.3 Å². The maximum absolute atomic E-state index is 12.2. The molecule has 0 bridgehead atoms. The molecule has 3 N–H and O–H groups in total. The number of aliphatic hydroxyl groups is 1. The molecule has 0 unspecified atom stereocenters. The zero-order valence-corrected chi connectivity index (χ0v) is 12.9. The maximum Gasteiger partial charge on any atom is 0.260 e. The zero-order valence-electron chi connectivity index (χ0n) is 11.3. The van der Waals surface area contributed by atoms with Gasteiger partial charge in [-0.3, -0.25) is 5.10 Å². The Hall–Kier alpha value is -1.22. The average Bonchev–Trinajstić information content (AvgIpc) is 3.02. The van der Waals surface area contributed by atoms with Crippen molar-refractivity contribution < 1.29 is 13.5 Å². The summed E-state index contributed by atoms with van der Waals surface area (Å²) in [5.74, 6) is 0. The Morgan fingerprint density at radius 1 is 1.40 bits per heavy atom. The number of rotatable bonds is 6. The first-order chi connectivity index (χ1) is 9.47. The third kappa shape index (κ3) is 3.09. The van der Waals surface area contributed by atoms with Crippen LogP contribution in [-0.2, 0) is 29.6 Å². The van der Waals surface area contributed by atoms with Crippen molar-refractivity contribution in [3.8, 4) is 0 Å². The average molecular weight is 315 g/mol. The summed E-state index contributed by atoms with van der Waals surface area (Å²) >= 11 is 1.58. The number of hydrogen-bond donors (Lipinski definition) is 3. The van der Waals surface area contributed by atoms with E-state index in [2.05, 4.69) is 21.8 Å². The first kappa shape index (κ1) is 15.2. The molecule has 0 amide bonds. The zero-order chi connectivity index (χ0) is 14.8. The highest BCUT2D eigenvalue weighted by atomic mass is 32.2. The van der Waals surface area contributed by atoms with Crippen LogP contribution in [0, 0.1) is 6.92 Å². The molecule has 0 aliphatic rings. The van der Waals surface area contributed by atoms with Crippen molar-refractivity contribution in [2.45, 2.75) is 38.4 Å². The molecule has 2 rings (SSSR count). The van der Waals surface area contributed by atoms with Gasteiger partial charge < -0.3 is 5.11 Å². The standard InChI is InChI=1S/C12H17N3O3S2/c1-3-9-4-5-10(19-9)6-13-20(17,18)12-11(7-16)8(2)14-15-12/h4-5,13,16H,3,6-7H2,1-2H3,(H,14,15). The van der Waals surface area contributed by atoms with E-state index in [1.54, 1.807) is 18.3 Å². The summed E-state index contributed by atoms with van der Waals surface area (Å²) < 4.78 is 26.9. The van der Waals surface area contributed by atoms with E-state index in [4.69, 9.17) is 0 Å². The Morgan fingerprint density at radius 3 is 2.70 bits per heavy atom. The lowest BCUT2D eigenvalue weighted by Gasteiger charge is -2.04. The van der Waals surface area contributed by atoms with E-state index < -0.39 is 10.0 Å². The lowest BCUT2D eigenvalue weighted by atomic mass is 10.3. The molecule has 2 aromatic heterocycles. The lowest BCUT2D eigenvalue weighted by Crippen LogP contribution is -2.24. The van der Waals surface area contributed by atoms with Crippen LogP contribution in [0.1, 0.15) is 27.9 Å². The van der Waals surface area contributed by atoms with Gasteiger partial charge in [0.15, 0.2) is 5.03 Å². The fourth-order valence-corrected chi connectivity index (χ4v) is 3.96. The lowest BCUT2D eigenvalue weighted by molar-refractivity contribution is 0.277. The van der Waals surface area contributed by atoms with Gasteiger partial charge in [-0.25, -0.2) is 13.1 Å². The first-order valence-electron chi connectivity index (χ1n) is 6.20. The molecule has 0 radical (unpaired) electrons. The van der Waals surface area contributed by atoms with Crippen LogP contribution in [-0.4, -0.2) is 23.7 Å². The number of aliphatic hydroxyl groups excluding tert-OH is 1. The van der Waals surface area contributed by atoms with Crippen molar-refractivity contribution in [1.29, 1.82) is 0 Å². The molecule has 20 heavy (non-hydrogen) atoms. The second-order valence-electron chi connectivity index (χ2n) is 4.34. The van der Waals surface area contributed by atoms with Crippen molar-refractivity contribution in [3.05, 3.63) is 33.1 Å². The Morgan fingerprint density at radius 2 is 2.10 bits per heavy atom. The van der Waals surface area contributed by atoms with E-state index >= 15 is 0 Å². The Labute approximate surface area is 121 Å². The molecule has 8 heteroatoms. The van der Waals surface area contributed by atoms with Crippen LogP contribution in [0.2, 0.25) is 0 Å². The Bertz CT molecular complexity index is 689. The number of thiophene rings is 1. The van der Waals surface area contributed by atoms with Gasteiger partial charge in [0.1, 0.15) is 0 Å². The van der Waals surface area contributed by atoms with Gasteiger partial charge in [0.25, 0.3) is 10.0 Å². The SMILES string of the molecule is CCc1ccc(CNS(=O)(=O)c2n[nH]c(C)c2CO)s1. The minimum atomic E-state index is -3.72. The summed E-state index contributed by atoms with van der Waals surface area (Å²) in [7, 11) is -3.72. The minimum absolute atomic E-state index is 0.134. The van der Waals surface area contributed by atoms with Crippen molar-refractivity contribution in [1.82, 2.24) is 14.9 Å². The minimum Gasteiger partial charge on any atom is -0.392 e. The highest BCUT2D eigenvalue weighted by Crippen LogP contribution is 2.19. The second kappa shape index (κ2) is 6.04. The molecule has 0 aliphatic carbocycles. The van der Waals surface area contributed by atoms with Crippen molar-refractivity contribution in [3.63, 3.8) is 0 Å². The highest BCUT2D eigenvalue weighted by molar-refractivity contribution is 7.89. The predicted octanol–water partition coefficient (Wildman–Crippen LogP) is 1.31. The molecular weight excluding hydrogens is 298 g/mol. The largest absolute Gasteiger partial charge is 0.392 e. The quantitative estimate of drug-likeness (QED) is 0.749. The highest BCUT2D eigenvalue weighted by Gasteiger charge is 2.23. The number of aromatic amines is 1. The Balaban J connectivity index is 2.14. The van der Waals surface area contributed by atoms with Gasteiger partial charge in [0.05, 0.1) is 6.61 Å². The second-order valence-corrected chi connectivity index (χ2v) is 7.27. The number of H-pyrrole nitrogens is 1. The molecular formula is C12H17N3O3S2. The normalized spacial score (nSPS) is 11.9. The number of sulfonamides is 1. The van der Waals surface area contributed by atoms with Crippen molar-refractivity contribution in [2.75, 3.05) is 0 Å². The molecule has 2 heterocycles. The molecule has 0 atom stereocenters. The van der Waals surface area contributed by atoms with Crippen LogP contribution < -0.4 is 4.72 Å². The summed E-state index contributed by atoms with van der Waals surface area (Å²) in [5, 5.41) is 15.4. The van der Waals surface area contributed by atoms with Gasteiger partial charge in [-0.05, 0) is 25.5 Å². The third-order valence-electron chi connectivity index (χ3n) is 2.95. The van der Waals surface area contributed by atoms with E-state index in [1.807, 2.05) is 12.1 Å². The number of nitrogens with one attached hydrogen (secondary N) is 2. The molecule has 0 saturated heterocycles. The smallest absolute Gasteiger partial charge is 0.260 e. The summed E-state index contributed by atoms with van der Waals surface area (Å²) in [6.45, 7) is 3.59. The fourth-order valence-electron chi connectivity index (χ4n) is 1.78. The van der Waals surface area contributed by atoms with Gasteiger partial charge in [0.2, 0.25) is 0 Å². The van der Waals surface area contributed by atoms with Crippen molar-refractivity contribution in [2.24, 2.45) is 0 Å². The number of nitrogens with zero attached hydrogens (tertiary/aromatic N) is 1. The fraction of sp³-hybridized carbons (Fsp3) is 0.417. The van der Waals surface area contributed by atoms with Gasteiger partial charge in [-0.1, -0.05) is 6.92 Å². The van der Waals surface area contributed by atoms with E-state index in [-0.39, 0.29) is 18.2 Å². The van der Waals surface area contributed by atoms with Gasteiger partial charge in [0, 0.05) is 27.6 Å². The number of hydrogen-bond acceptors (Lipinski definition) is 5. The van der Waals surface area contributed by atoms with E-state index in [0.29, 0.717) is 11.3 Å². The number of aryl methyl sites for hydroxylation is 2. The molecule has 0 fully saturated rings. The Kier molecular flexibility index (Phi) is 4.59.